The van der Waals surface area contributed by atoms with E-state index in [2.05, 4.69) is 59.6 Å². The van der Waals surface area contributed by atoms with Crippen LogP contribution in [-0.4, -0.2) is 30.6 Å². The van der Waals surface area contributed by atoms with Gasteiger partial charge in [-0.3, -0.25) is 4.90 Å². The fourth-order valence-electron chi connectivity index (χ4n) is 2.96. The highest BCUT2D eigenvalue weighted by Crippen LogP contribution is 2.29. The number of nitrogens with one attached hydrogen (secondary N) is 1. The van der Waals surface area contributed by atoms with Crippen LogP contribution in [0.3, 0.4) is 0 Å². The van der Waals surface area contributed by atoms with Crippen LogP contribution in [0, 0.1) is 0 Å². The summed E-state index contributed by atoms with van der Waals surface area (Å²) in [5, 5.41) is 3.43. The summed E-state index contributed by atoms with van der Waals surface area (Å²) in [7, 11) is 0. The Kier molecular flexibility index (Phi) is 4.23. The molecule has 0 radical (unpaired) electrons. The number of benzene rings is 2. The molecule has 3 N–H and O–H groups in total. The van der Waals surface area contributed by atoms with Crippen molar-refractivity contribution < 1.29 is 0 Å². The van der Waals surface area contributed by atoms with E-state index in [4.69, 9.17) is 5.73 Å². The molecular weight excluding hydrogens is 258 g/mol. The van der Waals surface area contributed by atoms with E-state index >= 15 is 0 Å². The van der Waals surface area contributed by atoms with Gasteiger partial charge in [0.05, 0.1) is 0 Å². The van der Waals surface area contributed by atoms with Gasteiger partial charge in [0, 0.05) is 43.5 Å². The van der Waals surface area contributed by atoms with Crippen molar-refractivity contribution in [2.45, 2.75) is 19.5 Å². The van der Waals surface area contributed by atoms with Crippen LogP contribution in [0.2, 0.25) is 0 Å². The van der Waals surface area contributed by atoms with E-state index in [1.165, 1.54) is 11.1 Å². The van der Waals surface area contributed by atoms with E-state index in [1.807, 2.05) is 6.07 Å². The van der Waals surface area contributed by atoms with Crippen LogP contribution in [0.1, 0.15) is 12.5 Å². The van der Waals surface area contributed by atoms with Gasteiger partial charge in [-0.1, -0.05) is 48.5 Å². The first-order valence-corrected chi connectivity index (χ1v) is 7.63. The highest BCUT2D eigenvalue weighted by molar-refractivity contribution is 5.78. The molecule has 1 aliphatic heterocycles. The average Bonchev–Trinajstić information content (AvgIpc) is 2.52. The summed E-state index contributed by atoms with van der Waals surface area (Å²) in [5.41, 5.74) is 10.9. The second-order valence-corrected chi connectivity index (χ2v) is 5.77. The topological polar surface area (TPSA) is 41.3 Å². The van der Waals surface area contributed by atoms with Crippen molar-refractivity contribution in [1.82, 2.24) is 10.2 Å². The van der Waals surface area contributed by atoms with Crippen LogP contribution in [-0.2, 0) is 6.54 Å². The van der Waals surface area contributed by atoms with Gasteiger partial charge >= 0.3 is 0 Å². The summed E-state index contributed by atoms with van der Waals surface area (Å²) in [6.07, 6.45) is 0. The van der Waals surface area contributed by atoms with Gasteiger partial charge in [0.25, 0.3) is 0 Å². The Morgan fingerprint density at radius 1 is 1.14 bits per heavy atom. The molecule has 1 aliphatic rings. The zero-order chi connectivity index (χ0) is 14.7. The third kappa shape index (κ3) is 3.09. The number of para-hydroxylation sites is 1. The Balaban J connectivity index is 1.87. The minimum absolute atomic E-state index is 0.554. The fourth-order valence-corrected chi connectivity index (χ4v) is 2.96. The van der Waals surface area contributed by atoms with Gasteiger partial charge in [-0.25, -0.2) is 0 Å². The van der Waals surface area contributed by atoms with Gasteiger partial charge in [0.2, 0.25) is 0 Å². The molecule has 2 aromatic carbocycles. The molecule has 0 aliphatic carbocycles. The van der Waals surface area contributed by atoms with Crippen LogP contribution in [0.4, 0.5) is 5.69 Å². The van der Waals surface area contributed by atoms with Crippen molar-refractivity contribution in [3.8, 4) is 11.1 Å². The minimum atomic E-state index is 0.554. The van der Waals surface area contributed by atoms with Crippen LogP contribution < -0.4 is 11.1 Å². The van der Waals surface area contributed by atoms with Crippen molar-refractivity contribution in [1.29, 1.82) is 0 Å². The number of hydrogen-bond acceptors (Lipinski definition) is 3. The van der Waals surface area contributed by atoms with Crippen LogP contribution in [0.5, 0.6) is 0 Å². The smallest absolute Gasteiger partial charge is 0.0439 e. The lowest BCUT2D eigenvalue weighted by molar-refractivity contribution is 0.166. The third-order valence-electron chi connectivity index (χ3n) is 4.29. The monoisotopic (exact) mass is 281 g/mol. The Labute approximate surface area is 126 Å². The number of nitrogens with zero attached hydrogens (tertiary/aromatic N) is 1. The van der Waals surface area contributed by atoms with Crippen molar-refractivity contribution >= 4 is 5.69 Å². The van der Waals surface area contributed by atoms with Crippen molar-refractivity contribution in [2.24, 2.45) is 0 Å². The van der Waals surface area contributed by atoms with Crippen molar-refractivity contribution in [2.75, 3.05) is 25.4 Å². The maximum Gasteiger partial charge on any atom is 0.0439 e. The maximum atomic E-state index is 6.44. The quantitative estimate of drug-likeness (QED) is 0.850. The Hall–Kier alpha value is -1.84. The van der Waals surface area contributed by atoms with Gasteiger partial charge < -0.3 is 11.1 Å². The van der Waals surface area contributed by atoms with Crippen molar-refractivity contribution in [3.63, 3.8) is 0 Å². The molecule has 1 saturated heterocycles. The van der Waals surface area contributed by atoms with Gasteiger partial charge in [-0.05, 0) is 18.1 Å². The Morgan fingerprint density at radius 2 is 1.95 bits per heavy atom. The molecule has 110 valence electrons. The number of nitrogens with two attached hydrogens (primary N) is 1. The first-order chi connectivity index (χ1) is 10.3. The molecule has 0 saturated carbocycles. The second-order valence-electron chi connectivity index (χ2n) is 5.77. The lowest BCUT2D eigenvalue weighted by Crippen LogP contribution is -2.49. The summed E-state index contributed by atoms with van der Waals surface area (Å²) in [4.78, 5) is 2.50. The molecule has 0 spiro atoms. The van der Waals surface area contributed by atoms with Gasteiger partial charge in [-0.15, -0.1) is 0 Å². The molecule has 0 amide bonds. The largest absolute Gasteiger partial charge is 0.398 e. The highest BCUT2D eigenvalue weighted by Gasteiger charge is 2.19. The number of nitrogen functional groups attached to an aromatic ring is 1. The standard InChI is InChI=1S/C18H23N3/c1-14-12-20-10-11-21(14)13-16-8-5-9-17(18(16)19)15-6-3-2-4-7-15/h2-9,14,20H,10-13,19H2,1H3. The first-order valence-electron chi connectivity index (χ1n) is 7.63. The van der Waals surface area contributed by atoms with Crippen LogP contribution >= 0.6 is 0 Å². The number of piperazine rings is 1. The molecule has 0 bridgehead atoms. The van der Waals surface area contributed by atoms with E-state index in [9.17, 15) is 0 Å². The number of rotatable bonds is 3. The summed E-state index contributed by atoms with van der Waals surface area (Å²) in [6, 6.07) is 17.3. The van der Waals surface area contributed by atoms with Crippen molar-refractivity contribution in [3.05, 3.63) is 54.1 Å². The van der Waals surface area contributed by atoms with Gasteiger partial charge in [-0.2, -0.15) is 0 Å². The van der Waals surface area contributed by atoms with E-state index in [-0.39, 0.29) is 0 Å². The SMILES string of the molecule is CC1CNCCN1Cc1cccc(-c2ccccc2)c1N. The second kappa shape index (κ2) is 6.29. The lowest BCUT2D eigenvalue weighted by Gasteiger charge is -2.34. The average molecular weight is 281 g/mol. The summed E-state index contributed by atoms with van der Waals surface area (Å²) in [6.45, 7) is 6.38. The Bertz CT molecular complexity index is 595. The molecule has 1 unspecified atom stereocenters. The molecule has 1 heterocycles. The minimum Gasteiger partial charge on any atom is -0.398 e. The fraction of sp³-hybridized carbons (Fsp3) is 0.333. The molecule has 0 aromatic heterocycles. The molecule has 3 nitrogen and oxygen atoms in total. The Morgan fingerprint density at radius 3 is 2.71 bits per heavy atom. The zero-order valence-corrected chi connectivity index (χ0v) is 12.5. The molecule has 3 heteroatoms. The predicted octanol–water partition coefficient (Wildman–Crippen LogP) is 2.73. The van der Waals surface area contributed by atoms with Gasteiger partial charge in [0.15, 0.2) is 0 Å². The highest BCUT2D eigenvalue weighted by atomic mass is 15.2. The predicted molar refractivity (Wildman–Crippen MR) is 89.0 cm³/mol. The molecule has 3 rings (SSSR count). The van der Waals surface area contributed by atoms with Gasteiger partial charge in [0.1, 0.15) is 0 Å². The third-order valence-corrected chi connectivity index (χ3v) is 4.29. The number of hydrogen-bond donors (Lipinski definition) is 2. The summed E-state index contributed by atoms with van der Waals surface area (Å²) in [5.74, 6) is 0. The molecule has 21 heavy (non-hydrogen) atoms. The summed E-state index contributed by atoms with van der Waals surface area (Å²) >= 11 is 0. The van der Waals surface area contributed by atoms with E-state index in [0.29, 0.717) is 6.04 Å². The first kappa shape index (κ1) is 14.1. The molecular formula is C18H23N3. The van der Waals surface area contributed by atoms with Crippen LogP contribution in [0.25, 0.3) is 11.1 Å². The lowest BCUT2D eigenvalue weighted by atomic mass is 9.99. The van der Waals surface area contributed by atoms with E-state index in [0.717, 1.165) is 37.4 Å². The number of anilines is 1. The maximum absolute atomic E-state index is 6.44. The van der Waals surface area contributed by atoms with E-state index in [1.54, 1.807) is 0 Å². The normalized spacial score (nSPS) is 19.6. The molecule has 2 aromatic rings. The van der Waals surface area contributed by atoms with E-state index < -0.39 is 0 Å². The summed E-state index contributed by atoms with van der Waals surface area (Å²) < 4.78 is 0. The molecule has 1 atom stereocenters. The molecule has 1 fully saturated rings. The zero-order valence-electron chi connectivity index (χ0n) is 12.5. The van der Waals surface area contributed by atoms with Crippen LogP contribution in [0.15, 0.2) is 48.5 Å².